The van der Waals surface area contributed by atoms with Crippen LogP contribution in [0.3, 0.4) is 0 Å². The van der Waals surface area contributed by atoms with E-state index in [4.69, 9.17) is 4.74 Å². The van der Waals surface area contributed by atoms with Crippen molar-refractivity contribution in [1.29, 1.82) is 0 Å². The fourth-order valence-electron chi connectivity index (χ4n) is 4.07. The molecule has 0 aliphatic carbocycles. The van der Waals surface area contributed by atoms with Crippen LogP contribution < -0.4 is 14.4 Å². The minimum Gasteiger partial charge on any atom is -0.492 e. The standard InChI is InChI=1S/C24H32FN3O6S2/c1-3-23(28(35(2,30)31)20-9-7-19(25)8-10-20)24(29)26-15-18-34-21-11-13-22(14-12-21)36(32,33)27-16-5-4-6-17-27/h7-14,23H,3-6,15-18H2,1-2H3,(H,26,29)/t23-/m1/s1. The fourth-order valence-corrected chi connectivity index (χ4v) is 6.80. The van der Waals surface area contributed by atoms with Gasteiger partial charge in [0.1, 0.15) is 24.2 Å². The van der Waals surface area contributed by atoms with E-state index in [9.17, 15) is 26.0 Å². The second kappa shape index (κ2) is 12.0. The van der Waals surface area contributed by atoms with Gasteiger partial charge >= 0.3 is 0 Å². The number of nitrogens with one attached hydrogen (secondary N) is 1. The first-order chi connectivity index (χ1) is 17.0. The van der Waals surface area contributed by atoms with Crippen LogP contribution in [0.25, 0.3) is 0 Å². The molecule has 198 valence electrons. The predicted molar refractivity (Wildman–Crippen MR) is 135 cm³/mol. The predicted octanol–water partition coefficient (Wildman–Crippen LogP) is 2.74. The van der Waals surface area contributed by atoms with Crippen molar-refractivity contribution in [3.63, 3.8) is 0 Å². The van der Waals surface area contributed by atoms with Gasteiger partial charge in [0.15, 0.2) is 0 Å². The Morgan fingerprint density at radius 1 is 1.03 bits per heavy atom. The Morgan fingerprint density at radius 2 is 1.64 bits per heavy atom. The third kappa shape index (κ3) is 6.95. The maximum absolute atomic E-state index is 13.3. The van der Waals surface area contributed by atoms with Crippen LogP contribution in [0.5, 0.6) is 5.75 Å². The number of anilines is 1. The summed E-state index contributed by atoms with van der Waals surface area (Å²) in [5, 5.41) is 2.67. The van der Waals surface area contributed by atoms with Crippen molar-refractivity contribution in [1.82, 2.24) is 9.62 Å². The molecule has 1 amide bonds. The molecular weight excluding hydrogens is 509 g/mol. The number of hydrogen-bond acceptors (Lipinski definition) is 6. The van der Waals surface area contributed by atoms with Crippen LogP contribution in [0.2, 0.25) is 0 Å². The molecule has 1 fully saturated rings. The zero-order valence-corrected chi connectivity index (χ0v) is 22.0. The van der Waals surface area contributed by atoms with E-state index in [-0.39, 0.29) is 30.2 Å². The molecule has 36 heavy (non-hydrogen) atoms. The number of piperidine rings is 1. The third-order valence-corrected chi connectivity index (χ3v) is 8.95. The summed E-state index contributed by atoms with van der Waals surface area (Å²) in [7, 11) is -7.35. The maximum Gasteiger partial charge on any atom is 0.244 e. The summed E-state index contributed by atoms with van der Waals surface area (Å²) in [5.74, 6) is -0.587. The van der Waals surface area contributed by atoms with Gasteiger partial charge in [0.25, 0.3) is 0 Å². The molecule has 9 nitrogen and oxygen atoms in total. The molecule has 1 N–H and O–H groups in total. The number of amides is 1. The average molecular weight is 542 g/mol. The quantitative estimate of drug-likeness (QED) is 0.438. The summed E-state index contributed by atoms with van der Waals surface area (Å²) >= 11 is 0. The number of carbonyl (C=O) groups is 1. The highest BCUT2D eigenvalue weighted by molar-refractivity contribution is 7.92. The summed E-state index contributed by atoms with van der Waals surface area (Å²) in [5.41, 5.74) is 0.191. The van der Waals surface area contributed by atoms with Gasteiger partial charge in [-0.25, -0.2) is 21.2 Å². The topological polar surface area (TPSA) is 113 Å². The molecular formula is C24H32FN3O6S2. The van der Waals surface area contributed by atoms with Crippen LogP contribution in [0.1, 0.15) is 32.6 Å². The highest BCUT2D eigenvalue weighted by Gasteiger charge is 2.31. The molecule has 1 aliphatic rings. The molecule has 0 spiro atoms. The number of nitrogens with zero attached hydrogens (tertiary/aromatic N) is 2. The number of benzene rings is 2. The van der Waals surface area contributed by atoms with E-state index in [0.29, 0.717) is 18.8 Å². The number of hydrogen-bond donors (Lipinski definition) is 1. The molecule has 0 unspecified atom stereocenters. The summed E-state index contributed by atoms with van der Waals surface area (Å²) in [6.07, 6.45) is 3.94. The van der Waals surface area contributed by atoms with Gasteiger partial charge in [-0.3, -0.25) is 9.10 Å². The van der Waals surface area contributed by atoms with E-state index in [0.717, 1.165) is 42.0 Å². The Hall–Kier alpha value is -2.70. The SMILES string of the molecule is CC[C@H](C(=O)NCCOc1ccc(S(=O)(=O)N2CCCCC2)cc1)N(c1ccc(F)cc1)S(C)(=O)=O. The van der Waals surface area contributed by atoms with E-state index in [1.165, 1.54) is 28.6 Å². The Bertz CT molecular complexity index is 1230. The van der Waals surface area contributed by atoms with Crippen LogP contribution in [-0.2, 0) is 24.8 Å². The highest BCUT2D eigenvalue weighted by atomic mass is 32.2. The van der Waals surface area contributed by atoms with Gasteiger partial charge in [-0.05, 0) is 67.8 Å². The van der Waals surface area contributed by atoms with Crippen LogP contribution in [0.4, 0.5) is 10.1 Å². The first kappa shape index (κ1) is 27.9. The van der Waals surface area contributed by atoms with E-state index < -0.39 is 37.8 Å². The Balaban J connectivity index is 1.56. The van der Waals surface area contributed by atoms with Crippen LogP contribution in [0, 0.1) is 5.82 Å². The largest absolute Gasteiger partial charge is 0.492 e. The first-order valence-corrected chi connectivity index (χ1v) is 15.1. The maximum atomic E-state index is 13.3. The lowest BCUT2D eigenvalue weighted by Crippen LogP contribution is -2.50. The zero-order chi connectivity index (χ0) is 26.3. The van der Waals surface area contributed by atoms with E-state index in [1.807, 2.05) is 0 Å². The third-order valence-electron chi connectivity index (χ3n) is 5.86. The van der Waals surface area contributed by atoms with Crippen molar-refractivity contribution >= 4 is 31.6 Å². The van der Waals surface area contributed by atoms with Crippen LogP contribution in [-0.4, -0.2) is 65.6 Å². The Kier molecular flexibility index (Phi) is 9.31. The molecule has 12 heteroatoms. The van der Waals surface area contributed by atoms with Gasteiger partial charge in [-0.1, -0.05) is 13.3 Å². The minimum atomic E-state index is -3.82. The molecule has 0 radical (unpaired) electrons. The first-order valence-electron chi connectivity index (χ1n) is 11.8. The molecule has 1 atom stereocenters. The lowest BCUT2D eigenvalue weighted by atomic mass is 10.2. The summed E-state index contributed by atoms with van der Waals surface area (Å²) in [4.78, 5) is 13.0. The molecule has 2 aromatic rings. The minimum absolute atomic E-state index is 0.0931. The van der Waals surface area contributed by atoms with Crippen molar-refractivity contribution in [2.45, 2.75) is 43.5 Å². The van der Waals surface area contributed by atoms with Crippen molar-refractivity contribution in [2.75, 3.05) is 36.8 Å². The van der Waals surface area contributed by atoms with Crippen molar-refractivity contribution in [3.05, 3.63) is 54.3 Å². The highest BCUT2D eigenvalue weighted by Crippen LogP contribution is 2.24. The van der Waals surface area contributed by atoms with Gasteiger partial charge in [0.2, 0.25) is 26.0 Å². The van der Waals surface area contributed by atoms with Crippen LogP contribution in [0.15, 0.2) is 53.4 Å². The van der Waals surface area contributed by atoms with Crippen LogP contribution >= 0.6 is 0 Å². The molecule has 0 bridgehead atoms. The molecule has 0 saturated carbocycles. The molecule has 1 heterocycles. The van der Waals surface area contributed by atoms with Crippen molar-refractivity contribution in [2.24, 2.45) is 0 Å². The average Bonchev–Trinajstić information content (AvgIpc) is 2.86. The molecule has 3 rings (SSSR count). The normalized spacial score (nSPS) is 15.8. The number of ether oxygens (including phenoxy) is 1. The second-order valence-corrected chi connectivity index (χ2v) is 12.3. The molecule has 2 aromatic carbocycles. The van der Waals surface area contributed by atoms with Gasteiger partial charge in [-0.15, -0.1) is 0 Å². The summed E-state index contributed by atoms with van der Waals surface area (Å²) in [6.45, 7) is 2.93. The van der Waals surface area contributed by atoms with E-state index in [1.54, 1.807) is 19.1 Å². The Labute approximate surface area is 212 Å². The zero-order valence-electron chi connectivity index (χ0n) is 20.4. The van der Waals surface area contributed by atoms with Crippen molar-refractivity contribution < 1.29 is 30.8 Å². The van der Waals surface area contributed by atoms with E-state index >= 15 is 0 Å². The Morgan fingerprint density at radius 3 is 2.19 bits per heavy atom. The lowest BCUT2D eigenvalue weighted by molar-refractivity contribution is -0.122. The fraction of sp³-hybridized carbons (Fsp3) is 0.458. The summed E-state index contributed by atoms with van der Waals surface area (Å²) < 4.78 is 71.7. The second-order valence-electron chi connectivity index (χ2n) is 8.53. The number of sulfonamides is 2. The lowest BCUT2D eigenvalue weighted by Gasteiger charge is -2.30. The number of carbonyl (C=O) groups excluding carboxylic acids is 1. The van der Waals surface area contributed by atoms with E-state index in [2.05, 4.69) is 5.32 Å². The monoisotopic (exact) mass is 541 g/mol. The smallest absolute Gasteiger partial charge is 0.244 e. The van der Waals surface area contributed by atoms with Crippen molar-refractivity contribution in [3.8, 4) is 5.75 Å². The van der Waals surface area contributed by atoms with Gasteiger partial charge in [-0.2, -0.15) is 4.31 Å². The number of rotatable bonds is 11. The molecule has 0 aromatic heterocycles. The van der Waals surface area contributed by atoms with Gasteiger partial charge in [0, 0.05) is 13.1 Å². The number of halogens is 1. The van der Waals surface area contributed by atoms with Gasteiger partial charge < -0.3 is 10.1 Å². The molecule has 1 saturated heterocycles. The van der Waals surface area contributed by atoms with Gasteiger partial charge in [0.05, 0.1) is 23.4 Å². The molecule has 1 aliphatic heterocycles. The summed E-state index contributed by atoms with van der Waals surface area (Å²) in [6, 6.07) is 9.99.